The molecule has 6 heteroatoms. The number of fused-ring (bicyclic) bond motifs is 1. The number of nitrogens with one attached hydrogen (secondary N) is 2. The van der Waals surface area contributed by atoms with E-state index in [1.54, 1.807) is 12.1 Å². The van der Waals surface area contributed by atoms with Crippen molar-refractivity contribution in [2.45, 2.75) is 6.92 Å². The molecule has 0 aliphatic rings. The topological polar surface area (TPSA) is 67.2 Å². The van der Waals surface area contributed by atoms with E-state index >= 15 is 0 Å². The molecule has 3 aromatic rings. The van der Waals surface area contributed by atoms with Gasteiger partial charge in [-0.1, -0.05) is 23.5 Å². The molecular formula is C13H11N3O2S. The largest absolute Gasteiger partial charge is 0.459 e. The van der Waals surface area contributed by atoms with Crippen LogP contribution in [0.25, 0.3) is 10.2 Å². The van der Waals surface area contributed by atoms with Crippen molar-refractivity contribution in [2.75, 3.05) is 5.43 Å². The van der Waals surface area contributed by atoms with E-state index in [0.717, 1.165) is 15.8 Å². The van der Waals surface area contributed by atoms with Gasteiger partial charge < -0.3 is 4.42 Å². The van der Waals surface area contributed by atoms with Crippen molar-refractivity contribution < 1.29 is 9.21 Å². The Labute approximate surface area is 113 Å². The summed E-state index contributed by atoms with van der Waals surface area (Å²) in [6, 6.07) is 9.25. The second-order valence-corrected chi connectivity index (χ2v) is 5.03. The molecule has 0 aliphatic heterocycles. The third-order valence-electron chi connectivity index (χ3n) is 2.65. The fourth-order valence-corrected chi connectivity index (χ4v) is 2.62. The maximum absolute atomic E-state index is 11.7. The number of benzene rings is 1. The van der Waals surface area contributed by atoms with E-state index in [1.807, 2.05) is 25.1 Å². The zero-order valence-corrected chi connectivity index (χ0v) is 11.0. The number of amides is 1. The van der Waals surface area contributed by atoms with Crippen LogP contribution >= 0.6 is 11.3 Å². The summed E-state index contributed by atoms with van der Waals surface area (Å²) >= 11 is 1.48. The summed E-state index contributed by atoms with van der Waals surface area (Å²) in [5, 5.41) is 0.643. The summed E-state index contributed by atoms with van der Waals surface area (Å²) in [5.74, 6) is -0.0780. The van der Waals surface area contributed by atoms with E-state index in [2.05, 4.69) is 15.8 Å². The lowest BCUT2D eigenvalue weighted by Gasteiger charge is -2.02. The van der Waals surface area contributed by atoms with Gasteiger partial charge in [-0.25, -0.2) is 4.98 Å². The summed E-state index contributed by atoms with van der Waals surface area (Å²) in [7, 11) is 0. The van der Waals surface area contributed by atoms with Crippen LogP contribution in [-0.2, 0) is 0 Å². The average molecular weight is 273 g/mol. The molecule has 19 heavy (non-hydrogen) atoms. The Bertz CT molecular complexity index is 719. The number of anilines is 1. The van der Waals surface area contributed by atoms with Gasteiger partial charge in [0.15, 0.2) is 5.76 Å². The molecule has 0 radical (unpaired) electrons. The molecule has 0 spiro atoms. The van der Waals surface area contributed by atoms with E-state index in [9.17, 15) is 4.79 Å². The number of para-hydroxylation sites is 1. The van der Waals surface area contributed by atoms with Gasteiger partial charge in [-0.2, -0.15) is 0 Å². The number of furan rings is 1. The lowest BCUT2D eigenvalue weighted by molar-refractivity contribution is 0.0935. The summed E-state index contributed by atoms with van der Waals surface area (Å²) in [6.45, 7) is 2.01. The average Bonchev–Trinajstić information content (AvgIpc) is 3.05. The standard InChI is InChI=1S/C13H11N3O2S/c1-8-4-2-6-10-11(8)14-13(19-10)16-15-12(17)9-5-3-7-18-9/h2-7H,1H3,(H,14,16)(H,15,17). The molecule has 2 N–H and O–H groups in total. The highest BCUT2D eigenvalue weighted by Gasteiger charge is 2.09. The number of aryl methyl sites for hydroxylation is 1. The molecule has 0 saturated heterocycles. The minimum atomic E-state index is -0.332. The molecule has 5 nitrogen and oxygen atoms in total. The monoisotopic (exact) mass is 273 g/mol. The Morgan fingerprint density at radius 3 is 2.95 bits per heavy atom. The van der Waals surface area contributed by atoms with Crippen LogP contribution in [0.5, 0.6) is 0 Å². The molecular weight excluding hydrogens is 262 g/mol. The number of carbonyl (C=O) groups is 1. The number of rotatable bonds is 3. The van der Waals surface area contributed by atoms with Crippen LogP contribution in [-0.4, -0.2) is 10.9 Å². The Morgan fingerprint density at radius 2 is 2.21 bits per heavy atom. The highest BCUT2D eigenvalue weighted by Crippen LogP contribution is 2.27. The van der Waals surface area contributed by atoms with Crippen LogP contribution in [0, 0.1) is 6.92 Å². The lowest BCUT2D eigenvalue weighted by Crippen LogP contribution is -2.28. The van der Waals surface area contributed by atoms with Crippen molar-refractivity contribution in [1.82, 2.24) is 10.4 Å². The van der Waals surface area contributed by atoms with Crippen LogP contribution < -0.4 is 10.9 Å². The van der Waals surface area contributed by atoms with Crippen LogP contribution in [0.15, 0.2) is 41.0 Å². The highest BCUT2D eigenvalue weighted by molar-refractivity contribution is 7.22. The van der Waals surface area contributed by atoms with Gasteiger partial charge in [-0.3, -0.25) is 15.6 Å². The quantitative estimate of drug-likeness (QED) is 0.720. The van der Waals surface area contributed by atoms with E-state index in [-0.39, 0.29) is 11.7 Å². The van der Waals surface area contributed by atoms with Crippen molar-refractivity contribution in [3.05, 3.63) is 47.9 Å². The Kier molecular flexibility index (Phi) is 2.92. The zero-order chi connectivity index (χ0) is 13.2. The van der Waals surface area contributed by atoms with Gasteiger partial charge in [-0.15, -0.1) is 0 Å². The van der Waals surface area contributed by atoms with Crippen LogP contribution in [0.3, 0.4) is 0 Å². The second kappa shape index (κ2) is 4.74. The van der Waals surface area contributed by atoms with Gasteiger partial charge >= 0.3 is 5.91 Å². The molecule has 2 aromatic heterocycles. The molecule has 3 rings (SSSR count). The first kappa shape index (κ1) is 11.7. The van der Waals surface area contributed by atoms with Crippen LogP contribution in [0.4, 0.5) is 5.13 Å². The predicted molar refractivity (Wildman–Crippen MR) is 74.2 cm³/mol. The Balaban J connectivity index is 1.75. The molecule has 0 bridgehead atoms. The summed E-state index contributed by atoms with van der Waals surface area (Å²) in [5.41, 5.74) is 7.40. The van der Waals surface area contributed by atoms with Gasteiger partial charge in [0.1, 0.15) is 0 Å². The van der Waals surface area contributed by atoms with Gasteiger partial charge in [0, 0.05) is 0 Å². The minimum Gasteiger partial charge on any atom is -0.459 e. The third-order valence-corrected chi connectivity index (χ3v) is 3.58. The molecule has 2 heterocycles. The number of hydrogen-bond donors (Lipinski definition) is 2. The van der Waals surface area contributed by atoms with Crippen LogP contribution in [0.1, 0.15) is 16.1 Å². The van der Waals surface area contributed by atoms with Gasteiger partial charge in [-0.05, 0) is 30.7 Å². The second-order valence-electron chi connectivity index (χ2n) is 4.00. The van der Waals surface area contributed by atoms with Crippen molar-refractivity contribution in [3.8, 4) is 0 Å². The SMILES string of the molecule is Cc1cccc2sc(NNC(=O)c3ccco3)nc12. The molecule has 0 fully saturated rings. The molecule has 1 amide bonds. The summed E-state index contributed by atoms with van der Waals surface area (Å²) in [6.07, 6.45) is 1.45. The Morgan fingerprint density at radius 1 is 1.32 bits per heavy atom. The van der Waals surface area contributed by atoms with Gasteiger partial charge in [0.05, 0.1) is 16.5 Å². The van der Waals surface area contributed by atoms with Crippen molar-refractivity contribution in [3.63, 3.8) is 0 Å². The number of hydrogen-bond acceptors (Lipinski definition) is 5. The van der Waals surface area contributed by atoms with Crippen LogP contribution in [0.2, 0.25) is 0 Å². The molecule has 0 saturated carbocycles. The maximum atomic E-state index is 11.7. The summed E-state index contributed by atoms with van der Waals surface area (Å²) in [4.78, 5) is 16.1. The van der Waals surface area contributed by atoms with Crippen molar-refractivity contribution >= 4 is 32.6 Å². The van der Waals surface area contributed by atoms with Crippen molar-refractivity contribution in [1.29, 1.82) is 0 Å². The third kappa shape index (κ3) is 2.30. The normalized spacial score (nSPS) is 10.6. The first-order valence-corrected chi connectivity index (χ1v) is 6.52. The fourth-order valence-electron chi connectivity index (χ4n) is 1.72. The number of carbonyl (C=O) groups excluding carboxylic acids is 1. The fraction of sp³-hybridized carbons (Fsp3) is 0.0769. The molecule has 0 atom stereocenters. The van der Waals surface area contributed by atoms with E-state index in [1.165, 1.54) is 17.6 Å². The molecule has 0 aliphatic carbocycles. The number of thiazole rings is 1. The predicted octanol–water partition coefficient (Wildman–Crippen LogP) is 2.95. The molecule has 1 aromatic carbocycles. The molecule has 96 valence electrons. The smallest absolute Gasteiger partial charge is 0.305 e. The maximum Gasteiger partial charge on any atom is 0.305 e. The van der Waals surface area contributed by atoms with Gasteiger partial charge in [0.25, 0.3) is 0 Å². The first-order valence-electron chi connectivity index (χ1n) is 5.70. The summed E-state index contributed by atoms with van der Waals surface area (Å²) < 4.78 is 6.07. The zero-order valence-electron chi connectivity index (χ0n) is 10.1. The van der Waals surface area contributed by atoms with E-state index in [0.29, 0.717) is 5.13 Å². The van der Waals surface area contributed by atoms with Gasteiger partial charge in [0.2, 0.25) is 5.13 Å². The molecule has 0 unspecified atom stereocenters. The minimum absolute atomic E-state index is 0.254. The lowest BCUT2D eigenvalue weighted by atomic mass is 10.2. The number of nitrogens with zero attached hydrogens (tertiary/aromatic N) is 1. The van der Waals surface area contributed by atoms with Crippen molar-refractivity contribution in [2.24, 2.45) is 0 Å². The Hall–Kier alpha value is -2.34. The number of aromatic nitrogens is 1. The van der Waals surface area contributed by atoms with E-state index in [4.69, 9.17) is 4.42 Å². The first-order chi connectivity index (χ1) is 9.24. The highest BCUT2D eigenvalue weighted by atomic mass is 32.1. The number of hydrazine groups is 1. The van der Waals surface area contributed by atoms with E-state index < -0.39 is 0 Å².